The predicted octanol–water partition coefficient (Wildman–Crippen LogP) is 3.03. The summed E-state index contributed by atoms with van der Waals surface area (Å²) in [5, 5.41) is 11.9. The molecule has 0 atom stereocenters. The van der Waals surface area contributed by atoms with Gasteiger partial charge in [0.25, 0.3) is 0 Å². The number of nitrogen functional groups attached to an aromatic ring is 1. The molecule has 0 aromatic heterocycles. The number of nitrogens with zero attached hydrogens (tertiary/aromatic N) is 1. The molecule has 0 bridgehead atoms. The molecular weight excluding hydrogens is 245 g/mol. The van der Waals surface area contributed by atoms with Crippen LogP contribution >= 0.6 is 0 Å². The molecule has 0 aliphatic heterocycles. The van der Waals surface area contributed by atoms with Gasteiger partial charge in [-0.2, -0.15) is 5.26 Å². The molecule has 0 saturated carbocycles. The Balaban J connectivity index is 2.31. The second-order valence-corrected chi connectivity index (χ2v) is 3.88. The fraction of sp³-hybridized carbons (Fsp3) is 0.0714. The van der Waals surface area contributed by atoms with Crippen LogP contribution < -0.4 is 15.8 Å². The Hall–Kier alpha value is -2.74. The number of hydrogen-bond acceptors (Lipinski definition) is 4. The van der Waals surface area contributed by atoms with E-state index in [1.165, 1.54) is 19.2 Å². The lowest BCUT2D eigenvalue weighted by molar-refractivity contribution is 0.413. The second-order valence-electron chi connectivity index (χ2n) is 3.88. The van der Waals surface area contributed by atoms with Crippen molar-refractivity contribution in [2.45, 2.75) is 0 Å². The third-order valence-corrected chi connectivity index (χ3v) is 2.61. The van der Waals surface area contributed by atoms with Crippen molar-refractivity contribution in [2.24, 2.45) is 0 Å². The standard InChI is InChI=1S/C14H12FN3O/c1-19-14-6-10(15)3-5-13(14)18-11-4-2-9(8-16)12(17)7-11/h2-7,18H,17H2,1H3. The highest BCUT2D eigenvalue weighted by molar-refractivity contribution is 5.70. The van der Waals surface area contributed by atoms with Gasteiger partial charge >= 0.3 is 0 Å². The van der Waals surface area contributed by atoms with Gasteiger partial charge in [-0.15, -0.1) is 0 Å². The normalized spacial score (nSPS) is 9.74. The van der Waals surface area contributed by atoms with Gasteiger partial charge in [0, 0.05) is 11.8 Å². The summed E-state index contributed by atoms with van der Waals surface area (Å²) in [6.07, 6.45) is 0. The monoisotopic (exact) mass is 257 g/mol. The number of benzene rings is 2. The number of nitrogens with two attached hydrogens (primary N) is 1. The average Bonchev–Trinajstić information content (AvgIpc) is 2.41. The number of hydrogen-bond donors (Lipinski definition) is 2. The van der Waals surface area contributed by atoms with E-state index < -0.39 is 0 Å². The topological polar surface area (TPSA) is 71.1 Å². The highest BCUT2D eigenvalue weighted by Crippen LogP contribution is 2.29. The number of nitriles is 1. The smallest absolute Gasteiger partial charge is 0.145 e. The van der Waals surface area contributed by atoms with Crippen molar-refractivity contribution in [3.63, 3.8) is 0 Å². The Morgan fingerprint density at radius 1 is 1.26 bits per heavy atom. The summed E-state index contributed by atoms with van der Waals surface area (Å²) in [5.74, 6) is 0.0182. The summed E-state index contributed by atoms with van der Waals surface area (Å²) in [4.78, 5) is 0. The zero-order chi connectivity index (χ0) is 13.8. The maximum absolute atomic E-state index is 13.1. The molecule has 96 valence electrons. The van der Waals surface area contributed by atoms with Crippen molar-refractivity contribution in [3.05, 3.63) is 47.8 Å². The van der Waals surface area contributed by atoms with E-state index in [1.807, 2.05) is 6.07 Å². The van der Waals surface area contributed by atoms with Gasteiger partial charge in [-0.1, -0.05) is 0 Å². The van der Waals surface area contributed by atoms with E-state index in [0.29, 0.717) is 28.4 Å². The summed E-state index contributed by atoms with van der Waals surface area (Å²) < 4.78 is 18.2. The van der Waals surface area contributed by atoms with E-state index >= 15 is 0 Å². The van der Waals surface area contributed by atoms with Crippen LogP contribution in [0.2, 0.25) is 0 Å². The highest BCUT2D eigenvalue weighted by atomic mass is 19.1. The lowest BCUT2D eigenvalue weighted by Gasteiger charge is -2.12. The second kappa shape index (κ2) is 5.27. The van der Waals surface area contributed by atoms with E-state index in [1.54, 1.807) is 24.3 Å². The van der Waals surface area contributed by atoms with E-state index in [9.17, 15) is 4.39 Å². The van der Waals surface area contributed by atoms with Crippen LogP contribution in [0, 0.1) is 17.1 Å². The minimum Gasteiger partial charge on any atom is -0.494 e. The molecule has 2 aromatic carbocycles. The van der Waals surface area contributed by atoms with Gasteiger partial charge in [-0.05, 0) is 30.3 Å². The molecule has 0 spiro atoms. The Bertz CT molecular complexity index is 650. The fourth-order valence-corrected chi connectivity index (χ4v) is 1.67. The fourth-order valence-electron chi connectivity index (χ4n) is 1.67. The first-order valence-electron chi connectivity index (χ1n) is 5.54. The van der Waals surface area contributed by atoms with Crippen molar-refractivity contribution in [1.82, 2.24) is 0 Å². The molecular formula is C14H12FN3O. The van der Waals surface area contributed by atoms with Crippen LogP contribution in [0.1, 0.15) is 5.56 Å². The molecule has 0 amide bonds. The van der Waals surface area contributed by atoms with Crippen LogP contribution in [0.4, 0.5) is 21.5 Å². The Kier molecular flexibility index (Phi) is 3.53. The molecule has 3 N–H and O–H groups in total. The molecule has 2 rings (SSSR count). The number of rotatable bonds is 3. The van der Waals surface area contributed by atoms with Gasteiger partial charge in [-0.3, -0.25) is 0 Å². The van der Waals surface area contributed by atoms with Crippen molar-refractivity contribution >= 4 is 17.1 Å². The van der Waals surface area contributed by atoms with Crippen LogP contribution in [-0.4, -0.2) is 7.11 Å². The number of nitrogens with one attached hydrogen (secondary N) is 1. The lowest BCUT2D eigenvalue weighted by atomic mass is 10.1. The van der Waals surface area contributed by atoms with Crippen LogP contribution in [0.15, 0.2) is 36.4 Å². The third-order valence-electron chi connectivity index (χ3n) is 2.61. The van der Waals surface area contributed by atoms with Crippen molar-refractivity contribution in [2.75, 3.05) is 18.2 Å². The Labute approximate surface area is 110 Å². The van der Waals surface area contributed by atoms with E-state index in [4.69, 9.17) is 15.7 Å². The number of anilines is 3. The van der Waals surface area contributed by atoms with Crippen LogP contribution in [0.25, 0.3) is 0 Å². The highest BCUT2D eigenvalue weighted by Gasteiger charge is 2.06. The minimum atomic E-state index is -0.373. The lowest BCUT2D eigenvalue weighted by Crippen LogP contribution is -1.97. The maximum atomic E-state index is 13.1. The largest absolute Gasteiger partial charge is 0.494 e. The van der Waals surface area contributed by atoms with Gasteiger partial charge in [0.15, 0.2) is 0 Å². The van der Waals surface area contributed by atoms with Gasteiger partial charge < -0.3 is 15.8 Å². The van der Waals surface area contributed by atoms with Crippen LogP contribution in [0.3, 0.4) is 0 Å². The number of ether oxygens (including phenoxy) is 1. The quantitative estimate of drug-likeness (QED) is 0.829. The summed E-state index contributed by atoms with van der Waals surface area (Å²) >= 11 is 0. The van der Waals surface area contributed by atoms with Gasteiger partial charge in [0.1, 0.15) is 17.6 Å². The summed E-state index contributed by atoms with van der Waals surface area (Å²) in [6.45, 7) is 0. The molecule has 2 aromatic rings. The molecule has 19 heavy (non-hydrogen) atoms. The van der Waals surface area contributed by atoms with E-state index in [0.717, 1.165) is 0 Å². The van der Waals surface area contributed by atoms with Gasteiger partial charge in [-0.25, -0.2) is 4.39 Å². The van der Waals surface area contributed by atoms with E-state index in [-0.39, 0.29) is 5.82 Å². The van der Waals surface area contributed by atoms with Crippen molar-refractivity contribution in [1.29, 1.82) is 5.26 Å². The molecule has 5 heteroatoms. The molecule has 0 aliphatic carbocycles. The number of methoxy groups -OCH3 is 1. The van der Waals surface area contributed by atoms with Crippen LogP contribution in [-0.2, 0) is 0 Å². The minimum absolute atomic E-state index is 0.373. The summed E-state index contributed by atoms with van der Waals surface area (Å²) in [6, 6.07) is 11.2. The first-order chi connectivity index (χ1) is 9.13. The summed E-state index contributed by atoms with van der Waals surface area (Å²) in [7, 11) is 1.47. The molecule has 4 nitrogen and oxygen atoms in total. The maximum Gasteiger partial charge on any atom is 0.145 e. The number of halogens is 1. The molecule has 0 heterocycles. The summed E-state index contributed by atoms with van der Waals surface area (Å²) in [5.41, 5.74) is 7.84. The molecule has 0 fully saturated rings. The first-order valence-corrected chi connectivity index (χ1v) is 5.54. The molecule has 0 saturated heterocycles. The SMILES string of the molecule is COc1cc(F)ccc1Nc1ccc(C#N)c(N)c1. The average molecular weight is 257 g/mol. The Morgan fingerprint density at radius 3 is 2.68 bits per heavy atom. The zero-order valence-corrected chi connectivity index (χ0v) is 10.3. The van der Waals surface area contributed by atoms with Crippen molar-refractivity contribution in [3.8, 4) is 11.8 Å². The van der Waals surface area contributed by atoms with Gasteiger partial charge in [0.2, 0.25) is 0 Å². The molecule has 0 radical (unpaired) electrons. The molecule has 0 aliphatic rings. The Morgan fingerprint density at radius 2 is 2.05 bits per heavy atom. The first kappa shape index (κ1) is 12.7. The predicted molar refractivity (Wildman–Crippen MR) is 71.8 cm³/mol. The molecule has 0 unspecified atom stereocenters. The van der Waals surface area contributed by atoms with Crippen LogP contribution in [0.5, 0.6) is 5.75 Å². The van der Waals surface area contributed by atoms with Gasteiger partial charge in [0.05, 0.1) is 24.0 Å². The third kappa shape index (κ3) is 2.75. The van der Waals surface area contributed by atoms with E-state index in [2.05, 4.69) is 5.32 Å². The van der Waals surface area contributed by atoms with Crippen molar-refractivity contribution < 1.29 is 9.13 Å². The zero-order valence-electron chi connectivity index (χ0n) is 10.3.